The molecule has 0 N–H and O–H groups in total. The van der Waals surface area contributed by atoms with E-state index in [9.17, 15) is 0 Å². The van der Waals surface area contributed by atoms with E-state index in [4.69, 9.17) is 0 Å². The van der Waals surface area contributed by atoms with E-state index >= 15 is 0 Å². The Morgan fingerprint density at radius 3 is 1.75 bits per heavy atom. The van der Waals surface area contributed by atoms with Crippen molar-refractivity contribution in [3.8, 4) is 0 Å². The molecule has 5 heteroatoms. The molecule has 1 heterocycles. The third-order valence-corrected chi connectivity index (χ3v) is 22.3. The molecule has 3 aliphatic rings. The van der Waals surface area contributed by atoms with Crippen LogP contribution in [0, 0.1) is 11.8 Å². The summed E-state index contributed by atoms with van der Waals surface area (Å²) >= 11 is 15.7. The molecule has 0 nitrogen and oxygen atoms in total. The molecule has 0 aromatic rings. The Balaban J connectivity index is 2.03. The van der Waals surface area contributed by atoms with E-state index in [2.05, 4.69) is 60.1 Å². The molecule has 0 aromatic carbocycles. The third-order valence-electron chi connectivity index (χ3n) is 3.56. The van der Waals surface area contributed by atoms with Crippen molar-refractivity contribution in [2.75, 3.05) is 0 Å². The molecule has 4 atom stereocenters. The zero-order chi connectivity index (χ0) is 8.67. The molecule has 1 saturated heterocycles. The zero-order valence-corrected chi connectivity index (χ0v) is 14.1. The van der Waals surface area contributed by atoms with Gasteiger partial charge in [0.05, 0.1) is 0 Å². The molecule has 3 fully saturated rings. The molecule has 2 bridgehead atoms. The zero-order valence-electron chi connectivity index (χ0n) is 6.09. The number of halogens is 4. The summed E-state index contributed by atoms with van der Waals surface area (Å²) < 4.78 is 0. The Bertz CT molecular complexity index is 220. The summed E-state index contributed by atoms with van der Waals surface area (Å²) in [5, 5.41) is 0. The van der Waals surface area contributed by atoms with Crippen molar-refractivity contribution < 1.29 is 0 Å². The summed E-state index contributed by atoms with van der Waals surface area (Å²) in [6.45, 7) is 0. The molecule has 2 aliphatic carbocycles. The first-order chi connectivity index (χ1) is 5.55. The van der Waals surface area contributed by atoms with E-state index in [-0.39, 0.29) is 0 Å². The Labute approximate surface area is 105 Å². The minimum absolute atomic E-state index is 0.774. The van der Waals surface area contributed by atoms with Gasteiger partial charge < -0.3 is 0 Å². The van der Waals surface area contributed by atoms with E-state index in [1.165, 1.54) is 6.42 Å². The molecule has 2 saturated carbocycles. The molecule has 4 unspecified atom stereocenters. The van der Waals surface area contributed by atoms with Gasteiger partial charge in [-0.2, -0.15) is 0 Å². The Morgan fingerprint density at radius 2 is 1.42 bits per heavy atom. The second-order valence-electron chi connectivity index (χ2n) is 3.93. The van der Waals surface area contributed by atoms with Crippen LogP contribution in [0.4, 0.5) is 0 Å². The third kappa shape index (κ3) is 0.904. The number of alkyl halides is 2. The molecule has 3 rings (SSSR count). The first-order valence-electron chi connectivity index (χ1n) is 4.03. The van der Waals surface area contributed by atoms with Gasteiger partial charge in [-0.15, -0.1) is 0 Å². The van der Waals surface area contributed by atoms with Crippen LogP contribution in [0.3, 0.4) is 0 Å². The summed E-state index contributed by atoms with van der Waals surface area (Å²) in [6.07, 6.45) is 1.46. The van der Waals surface area contributed by atoms with Crippen molar-refractivity contribution in [1.82, 2.24) is 0 Å². The fourth-order valence-corrected chi connectivity index (χ4v) is 31.1. The standard InChI is InChI=1S/C7H8Br4Se/c8-4-2-1-3-6(4)12(10,11)7(3)5(2)9/h2-7H,1H2. The SMILES string of the molecule is BrC1C2CC3C1[Se](Br)(Br)C3C2Br. The van der Waals surface area contributed by atoms with Gasteiger partial charge in [0.2, 0.25) is 0 Å². The van der Waals surface area contributed by atoms with E-state index in [1.54, 1.807) is 0 Å². The van der Waals surface area contributed by atoms with Crippen LogP contribution in [0.25, 0.3) is 0 Å². The maximum absolute atomic E-state index is 3.97. The molecule has 70 valence electrons. The van der Waals surface area contributed by atoms with Crippen molar-refractivity contribution in [1.29, 1.82) is 0 Å². The van der Waals surface area contributed by atoms with Crippen molar-refractivity contribution in [2.45, 2.75) is 25.7 Å². The van der Waals surface area contributed by atoms with Gasteiger partial charge >= 0.3 is 107 Å². The molecule has 0 spiro atoms. The predicted octanol–water partition coefficient (Wildman–Crippen LogP) is 4.15. The second kappa shape index (κ2) is 2.76. The van der Waals surface area contributed by atoms with Crippen LogP contribution in [0.1, 0.15) is 6.42 Å². The number of rotatable bonds is 0. The van der Waals surface area contributed by atoms with E-state index in [0.717, 1.165) is 31.1 Å². The molecule has 0 aromatic heterocycles. The van der Waals surface area contributed by atoms with Gasteiger partial charge in [-0.05, 0) is 0 Å². The number of hydrogen-bond donors (Lipinski definition) is 0. The average Bonchev–Trinajstić information content (AvgIpc) is 2.36. The number of fused-ring (bicyclic) bond motifs is 1. The van der Waals surface area contributed by atoms with Gasteiger partial charge in [-0.25, -0.2) is 0 Å². The maximum atomic E-state index is 3.97. The minimum atomic E-state index is -1.39. The fraction of sp³-hybridized carbons (Fsp3) is 1.00. The summed E-state index contributed by atoms with van der Waals surface area (Å²) in [4.78, 5) is 3.47. The van der Waals surface area contributed by atoms with E-state index < -0.39 is 9.23 Å². The van der Waals surface area contributed by atoms with E-state index in [0.29, 0.717) is 0 Å². The Kier molecular flexibility index (Phi) is 2.22. The van der Waals surface area contributed by atoms with Crippen LogP contribution in [-0.2, 0) is 0 Å². The van der Waals surface area contributed by atoms with Gasteiger partial charge in [-0.3, -0.25) is 0 Å². The van der Waals surface area contributed by atoms with Gasteiger partial charge in [0.15, 0.2) is 0 Å². The molecule has 0 amide bonds. The van der Waals surface area contributed by atoms with Crippen LogP contribution >= 0.6 is 60.1 Å². The summed E-state index contributed by atoms with van der Waals surface area (Å²) in [7, 11) is -1.39. The topological polar surface area (TPSA) is 0 Å². The Hall–Kier alpha value is 2.44. The van der Waals surface area contributed by atoms with Gasteiger partial charge in [0, 0.05) is 0 Å². The first kappa shape index (κ1) is 9.65. The average molecular weight is 491 g/mol. The quantitative estimate of drug-likeness (QED) is 0.354. The molecule has 12 heavy (non-hydrogen) atoms. The van der Waals surface area contributed by atoms with E-state index in [1.807, 2.05) is 0 Å². The van der Waals surface area contributed by atoms with Crippen LogP contribution in [-0.4, -0.2) is 18.9 Å². The molecule has 0 radical (unpaired) electrons. The van der Waals surface area contributed by atoms with Crippen LogP contribution in [0.15, 0.2) is 0 Å². The Morgan fingerprint density at radius 1 is 0.917 bits per heavy atom. The predicted molar refractivity (Wildman–Crippen MR) is 68.1 cm³/mol. The summed E-state index contributed by atoms with van der Waals surface area (Å²) in [5.41, 5.74) is 0. The molecule has 1 aliphatic heterocycles. The number of hydrogen-bond acceptors (Lipinski definition) is 0. The van der Waals surface area contributed by atoms with Gasteiger partial charge in [-0.1, -0.05) is 0 Å². The van der Waals surface area contributed by atoms with Crippen molar-refractivity contribution in [2.24, 2.45) is 11.8 Å². The van der Waals surface area contributed by atoms with Crippen LogP contribution < -0.4 is 0 Å². The van der Waals surface area contributed by atoms with Crippen molar-refractivity contribution in [3.05, 3.63) is 0 Å². The van der Waals surface area contributed by atoms with Gasteiger partial charge in [0.25, 0.3) is 0 Å². The first-order valence-corrected chi connectivity index (χ1v) is 15.9. The fourth-order valence-electron chi connectivity index (χ4n) is 3.07. The molecular formula is C7H8Br4Se. The normalized spacial score (nSPS) is 67.7. The van der Waals surface area contributed by atoms with Gasteiger partial charge in [0.1, 0.15) is 0 Å². The van der Waals surface area contributed by atoms with Crippen LogP contribution in [0.5, 0.6) is 0 Å². The second-order valence-corrected chi connectivity index (χ2v) is 26.3. The summed E-state index contributed by atoms with van der Waals surface area (Å²) in [5.74, 6) is 1.92. The van der Waals surface area contributed by atoms with Crippen molar-refractivity contribution >= 4 is 69.3 Å². The van der Waals surface area contributed by atoms with Crippen LogP contribution in [0.2, 0.25) is 9.63 Å². The monoisotopic (exact) mass is 488 g/mol. The van der Waals surface area contributed by atoms with Crippen molar-refractivity contribution in [3.63, 3.8) is 0 Å². The summed E-state index contributed by atoms with van der Waals surface area (Å²) in [6, 6.07) is 0. The molecular weight excluding hydrogens is 483 g/mol.